The van der Waals surface area contributed by atoms with Gasteiger partial charge in [0, 0.05) is 5.54 Å². The lowest BCUT2D eigenvalue weighted by Crippen LogP contribution is -2.60. The van der Waals surface area contributed by atoms with Gasteiger partial charge in [0.2, 0.25) is 0 Å². The first kappa shape index (κ1) is 12.2. The van der Waals surface area contributed by atoms with E-state index in [1.807, 2.05) is 30.3 Å². The highest BCUT2D eigenvalue weighted by atomic mass is 16.6. The average Bonchev–Trinajstić information content (AvgIpc) is 2.37. The van der Waals surface area contributed by atoms with Gasteiger partial charge in [-0.1, -0.05) is 18.2 Å². The molecule has 0 atom stereocenters. The largest absolute Gasteiger partial charge is 0.413 e. The summed E-state index contributed by atoms with van der Waals surface area (Å²) in [6.45, 7) is 0. The topological polar surface area (TPSA) is 38.3 Å². The Bertz CT molecular complexity index is 476. The third-order valence-electron chi connectivity index (χ3n) is 5.36. The van der Waals surface area contributed by atoms with Gasteiger partial charge in [-0.2, -0.15) is 0 Å². The molecule has 20 heavy (non-hydrogen) atoms. The summed E-state index contributed by atoms with van der Waals surface area (Å²) in [7, 11) is 0. The van der Waals surface area contributed by atoms with Crippen LogP contribution in [0.1, 0.15) is 38.5 Å². The molecule has 4 saturated carbocycles. The maximum absolute atomic E-state index is 12.2. The predicted molar refractivity (Wildman–Crippen MR) is 76.5 cm³/mol. The Morgan fingerprint density at radius 3 is 2.10 bits per heavy atom. The lowest BCUT2D eigenvalue weighted by molar-refractivity contribution is -0.0161. The van der Waals surface area contributed by atoms with E-state index in [1.54, 1.807) is 0 Å². The van der Waals surface area contributed by atoms with Crippen molar-refractivity contribution in [2.45, 2.75) is 44.1 Å². The standard InChI is InChI=1S/C17H21NO2/c19-16(20-15-4-2-1-3-5-15)18-17-9-12-6-13(10-17)8-14(7-12)11-17/h1-5,12-14H,6-11H2,(H,18,19). The molecule has 4 aliphatic rings. The van der Waals surface area contributed by atoms with Crippen LogP contribution in [-0.4, -0.2) is 11.6 Å². The molecule has 0 heterocycles. The summed E-state index contributed by atoms with van der Waals surface area (Å²) in [5.74, 6) is 3.12. The quantitative estimate of drug-likeness (QED) is 0.889. The van der Waals surface area contributed by atoms with Gasteiger partial charge in [-0.05, 0) is 68.4 Å². The zero-order valence-corrected chi connectivity index (χ0v) is 11.7. The van der Waals surface area contributed by atoms with E-state index in [0.29, 0.717) is 5.75 Å². The molecule has 1 aromatic carbocycles. The number of para-hydroxylation sites is 1. The normalized spacial score (nSPS) is 37.7. The molecule has 4 fully saturated rings. The number of carbonyl (C=O) groups excluding carboxylic acids is 1. The van der Waals surface area contributed by atoms with Crippen molar-refractivity contribution < 1.29 is 9.53 Å². The Morgan fingerprint density at radius 1 is 1.00 bits per heavy atom. The van der Waals surface area contributed by atoms with Crippen molar-refractivity contribution in [3.63, 3.8) is 0 Å². The minimum absolute atomic E-state index is 0.0284. The fourth-order valence-corrected chi connectivity index (χ4v) is 5.10. The second kappa shape index (κ2) is 4.51. The van der Waals surface area contributed by atoms with E-state index >= 15 is 0 Å². The van der Waals surface area contributed by atoms with E-state index in [4.69, 9.17) is 4.74 Å². The van der Waals surface area contributed by atoms with Gasteiger partial charge in [0.1, 0.15) is 5.75 Å². The fourth-order valence-electron chi connectivity index (χ4n) is 5.10. The van der Waals surface area contributed by atoms with Crippen molar-refractivity contribution in [3.05, 3.63) is 30.3 Å². The number of ether oxygens (including phenoxy) is 1. The lowest BCUT2D eigenvalue weighted by Gasteiger charge is -2.56. The Morgan fingerprint density at radius 2 is 1.55 bits per heavy atom. The van der Waals surface area contributed by atoms with Crippen LogP contribution in [-0.2, 0) is 0 Å². The minimum Gasteiger partial charge on any atom is -0.410 e. The second-order valence-corrected chi connectivity index (χ2v) is 7.03. The summed E-state index contributed by atoms with van der Waals surface area (Å²) in [4.78, 5) is 12.2. The van der Waals surface area contributed by atoms with Gasteiger partial charge in [-0.25, -0.2) is 4.79 Å². The van der Waals surface area contributed by atoms with E-state index < -0.39 is 0 Å². The highest BCUT2D eigenvalue weighted by Gasteiger charge is 2.51. The van der Waals surface area contributed by atoms with Crippen LogP contribution in [0.25, 0.3) is 0 Å². The summed E-state index contributed by atoms with van der Waals surface area (Å²) in [5, 5.41) is 3.21. The SMILES string of the molecule is O=C(NC12CC3CC(CC(C3)C1)C2)Oc1ccccc1. The first-order valence-corrected chi connectivity index (χ1v) is 7.76. The van der Waals surface area contributed by atoms with Crippen LogP contribution < -0.4 is 10.1 Å². The molecular weight excluding hydrogens is 250 g/mol. The smallest absolute Gasteiger partial charge is 0.410 e. The molecule has 106 valence electrons. The highest BCUT2D eigenvalue weighted by Crippen LogP contribution is 2.55. The van der Waals surface area contributed by atoms with Crippen LogP contribution in [0.15, 0.2) is 30.3 Å². The third kappa shape index (κ3) is 2.19. The number of amides is 1. The van der Waals surface area contributed by atoms with Crippen LogP contribution in [0.4, 0.5) is 4.79 Å². The van der Waals surface area contributed by atoms with Crippen molar-refractivity contribution >= 4 is 6.09 Å². The summed E-state index contributed by atoms with van der Waals surface area (Å²) in [6.07, 6.45) is 7.34. The average molecular weight is 271 g/mol. The number of carbonyl (C=O) groups is 1. The van der Waals surface area contributed by atoms with Gasteiger partial charge in [0.05, 0.1) is 0 Å². The van der Waals surface area contributed by atoms with Crippen molar-refractivity contribution in [1.29, 1.82) is 0 Å². The molecule has 1 amide bonds. The summed E-state index contributed by atoms with van der Waals surface area (Å²) in [5.41, 5.74) is 0.0284. The maximum atomic E-state index is 12.2. The molecule has 0 radical (unpaired) electrons. The van der Waals surface area contributed by atoms with Crippen molar-refractivity contribution in [1.82, 2.24) is 5.32 Å². The van der Waals surface area contributed by atoms with Gasteiger partial charge in [-0.15, -0.1) is 0 Å². The van der Waals surface area contributed by atoms with Gasteiger partial charge in [0.25, 0.3) is 0 Å². The zero-order chi connectivity index (χ0) is 13.6. The van der Waals surface area contributed by atoms with Gasteiger partial charge >= 0.3 is 6.09 Å². The molecule has 3 nitrogen and oxygen atoms in total. The number of nitrogens with one attached hydrogen (secondary N) is 1. The Balaban J connectivity index is 1.45. The molecule has 0 spiro atoms. The van der Waals surface area contributed by atoms with Crippen LogP contribution in [0, 0.1) is 17.8 Å². The Labute approximate surface area is 119 Å². The molecule has 0 aliphatic heterocycles. The lowest BCUT2D eigenvalue weighted by atomic mass is 9.53. The molecule has 4 aliphatic carbocycles. The van der Waals surface area contributed by atoms with Crippen LogP contribution in [0.3, 0.4) is 0 Å². The minimum atomic E-state index is -0.279. The highest BCUT2D eigenvalue weighted by molar-refractivity contribution is 5.71. The van der Waals surface area contributed by atoms with Crippen molar-refractivity contribution in [2.75, 3.05) is 0 Å². The molecular formula is C17H21NO2. The summed E-state index contributed by atoms with van der Waals surface area (Å²) in [6, 6.07) is 9.32. The molecule has 1 aromatic rings. The number of benzene rings is 1. The molecule has 0 saturated heterocycles. The monoisotopic (exact) mass is 271 g/mol. The van der Waals surface area contributed by atoms with Gasteiger partial charge < -0.3 is 10.1 Å². The second-order valence-electron chi connectivity index (χ2n) is 7.03. The van der Waals surface area contributed by atoms with Crippen molar-refractivity contribution in [3.8, 4) is 5.75 Å². The summed E-state index contributed by atoms with van der Waals surface area (Å²) >= 11 is 0. The van der Waals surface area contributed by atoms with Crippen LogP contribution in [0.2, 0.25) is 0 Å². The fraction of sp³-hybridized carbons (Fsp3) is 0.588. The van der Waals surface area contributed by atoms with E-state index in [-0.39, 0.29) is 11.6 Å². The molecule has 1 N–H and O–H groups in total. The maximum Gasteiger partial charge on any atom is 0.413 e. The Kier molecular flexibility index (Phi) is 2.76. The third-order valence-corrected chi connectivity index (χ3v) is 5.36. The van der Waals surface area contributed by atoms with Crippen LogP contribution in [0.5, 0.6) is 5.75 Å². The molecule has 4 bridgehead atoms. The van der Waals surface area contributed by atoms with Crippen molar-refractivity contribution in [2.24, 2.45) is 17.8 Å². The molecule has 5 rings (SSSR count). The Hall–Kier alpha value is -1.51. The summed E-state index contributed by atoms with van der Waals surface area (Å²) < 4.78 is 5.40. The van der Waals surface area contributed by atoms with E-state index in [1.165, 1.54) is 19.3 Å². The number of hydrogen-bond donors (Lipinski definition) is 1. The molecule has 3 heteroatoms. The predicted octanol–water partition coefficient (Wildman–Crippen LogP) is 3.74. The van der Waals surface area contributed by atoms with Gasteiger partial charge in [0.15, 0.2) is 0 Å². The first-order chi connectivity index (χ1) is 9.71. The molecule has 0 aromatic heterocycles. The van der Waals surface area contributed by atoms with E-state index in [0.717, 1.165) is 37.0 Å². The van der Waals surface area contributed by atoms with Gasteiger partial charge in [-0.3, -0.25) is 0 Å². The van der Waals surface area contributed by atoms with E-state index in [2.05, 4.69) is 5.32 Å². The zero-order valence-electron chi connectivity index (χ0n) is 11.7. The van der Waals surface area contributed by atoms with E-state index in [9.17, 15) is 4.79 Å². The first-order valence-electron chi connectivity index (χ1n) is 7.76. The van der Waals surface area contributed by atoms with Crippen LogP contribution >= 0.6 is 0 Å². The number of rotatable bonds is 2. The number of hydrogen-bond acceptors (Lipinski definition) is 2. The molecule has 0 unspecified atom stereocenters.